The Balaban J connectivity index is 0.000000980. The molecule has 2 heteroatoms. The zero-order valence-corrected chi connectivity index (χ0v) is 8.26. The van der Waals surface area contributed by atoms with Crippen molar-refractivity contribution in [3.05, 3.63) is 23.8 Å². The van der Waals surface area contributed by atoms with E-state index >= 15 is 0 Å². The van der Waals surface area contributed by atoms with Crippen LogP contribution in [0.3, 0.4) is 0 Å². The molecular weight excluding hydrogens is 176 g/mol. The van der Waals surface area contributed by atoms with E-state index in [0.717, 1.165) is 11.5 Å². The molecule has 0 radical (unpaired) electrons. The summed E-state index contributed by atoms with van der Waals surface area (Å²) < 4.78 is 10.6. The van der Waals surface area contributed by atoms with Crippen molar-refractivity contribution in [2.75, 3.05) is 6.79 Å². The molecule has 0 N–H and O–H groups in total. The molecule has 1 aliphatic rings. The summed E-state index contributed by atoms with van der Waals surface area (Å²) in [5, 5.41) is 0. The summed E-state index contributed by atoms with van der Waals surface area (Å²) in [6, 6.07) is 6.12. The van der Waals surface area contributed by atoms with Crippen molar-refractivity contribution in [1.82, 2.24) is 0 Å². The summed E-state index contributed by atoms with van der Waals surface area (Å²) in [5.41, 5.74) is 1.44. The Bertz CT molecular complexity index is 324. The van der Waals surface area contributed by atoms with Crippen molar-refractivity contribution in [3.63, 3.8) is 0 Å². The molecule has 0 aromatic heterocycles. The lowest BCUT2D eigenvalue weighted by Gasteiger charge is -2.18. The fourth-order valence-electron chi connectivity index (χ4n) is 1.36. The molecule has 2 nitrogen and oxygen atoms in total. The zero-order valence-electron chi connectivity index (χ0n) is 8.26. The number of ether oxygens (including phenoxy) is 2. The molecule has 1 aliphatic heterocycles. The van der Waals surface area contributed by atoms with Crippen LogP contribution in [0.15, 0.2) is 18.2 Å². The molecule has 0 fully saturated rings. The third-order valence-electron chi connectivity index (χ3n) is 2.24. The standard InChI is InChI=1S/C11H14O2.CH4/c1-11(2,3)8-4-5-9-10(6-8)13-7-12-9;/h4-6H,7H2,1-3H3;1H4. The predicted octanol–water partition coefficient (Wildman–Crippen LogP) is 3.35. The number of benzene rings is 1. The monoisotopic (exact) mass is 194 g/mol. The normalized spacial score (nSPS) is 13.6. The Kier molecular flexibility index (Phi) is 2.74. The Hall–Kier alpha value is -1.18. The lowest BCUT2D eigenvalue weighted by atomic mass is 9.87. The molecule has 0 saturated carbocycles. The van der Waals surface area contributed by atoms with Gasteiger partial charge in [0.2, 0.25) is 6.79 Å². The van der Waals surface area contributed by atoms with Gasteiger partial charge < -0.3 is 9.47 Å². The maximum atomic E-state index is 5.31. The van der Waals surface area contributed by atoms with Gasteiger partial charge >= 0.3 is 0 Å². The summed E-state index contributed by atoms with van der Waals surface area (Å²) in [6.45, 7) is 6.91. The fourth-order valence-corrected chi connectivity index (χ4v) is 1.36. The highest BCUT2D eigenvalue weighted by atomic mass is 16.7. The lowest BCUT2D eigenvalue weighted by Crippen LogP contribution is -2.10. The van der Waals surface area contributed by atoms with Crippen molar-refractivity contribution in [2.45, 2.75) is 33.6 Å². The molecular formula is C12H18O2. The Morgan fingerprint density at radius 1 is 1.07 bits per heavy atom. The van der Waals surface area contributed by atoms with Crippen molar-refractivity contribution >= 4 is 0 Å². The van der Waals surface area contributed by atoms with Crippen LogP contribution in [0, 0.1) is 0 Å². The van der Waals surface area contributed by atoms with Gasteiger partial charge in [0.25, 0.3) is 0 Å². The zero-order chi connectivity index (χ0) is 9.47. The van der Waals surface area contributed by atoms with Crippen LogP contribution in [0.5, 0.6) is 11.5 Å². The average molecular weight is 194 g/mol. The van der Waals surface area contributed by atoms with Gasteiger partial charge in [0.1, 0.15) is 0 Å². The first kappa shape index (κ1) is 10.9. The molecule has 0 unspecified atom stereocenters. The number of fused-ring (bicyclic) bond motifs is 1. The summed E-state index contributed by atoms with van der Waals surface area (Å²) >= 11 is 0. The van der Waals surface area contributed by atoms with E-state index in [4.69, 9.17) is 9.47 Å². The summed E-state index contributed by atoms with van der Waals surface area (Å²) in [5.74, 6) is 1.72. The van der Waals surface area contributed by atoms with Gasteiger partial charge in [-0.15, -0.1) is 0 Å². The Morgan fingerprint density at radius 3 is 2.36 bits per heavy atom. The first-order chi connectivity index (χ1) is 6.07. The molecule has 0 aliphatic carbocycles. The molecule has 1 aromatic carbocycles. The number of rotatable bonds is 0. The van der Waals surface area contributed by atoms with Gasteiger partial charge in [-0.3, -0.25) is 0 Å². The van der Waals surface area contributed by atoms with Crippen molar-refractivity contribution in [3.8, 4) is 11.5 Å². The van der Waals surface area contributed by atoms with E-state index in [1.54, 1.807) is 0 Å². The van der Waals surface area contributed by atoms with Crippen LogP contribution >= 0.6 is 0 Å². The van der Waals surface area contributed by atoms with Crippen LogP contribution in [-0.2, 0) is 5.41 Å². The number of hydrogen-bond donors (Lipinski definition) is 0. The second-order valence-electron chi connectivity index (χ2n) is 4.32. The maximum absolute atomic E-state index is 5.31. The minimum absolute atomic E-state index is 0. The molecule has 0 amide bonds. The third-order valence-corrected chi connectivity index (χ3v) is 2.24. The highest BCUT2D eigenvalue weighted by Gasteiger charge is 2.19. The minimum atomic E-state index is 0. The quantitative estimate of drug-likeness (QED) is 0.630. The topological polar surface area (TPSA) is 18.5 Å². The summed E-state index contributed by atoms with van der Waals surface area (Å²) in [6.07, 6.45) is 0. The van der Waals surface area contributed by atoms with Crippen LogP contribution in [0.25, 0.3) is 0 Å². The van der Waals surface area contributed by atoms with Gasteiger partial charge in [0.15, 0.2) is 11.5 Å². The van der Waals surface area contributed by atoms with Gasteiger partial charge in [-0.25, -0.2) is 0 Å². The third kappa shape index (κ3) is 1.84. The largest absolute Gasteiger partial charge is 0.454 e. The SMILES string of the molecule is C.CC(C)(C)c1ccc2c(c1)OCO2. The molecule has 0 spiro atoms. The molecule has 0 bridgehead atoms. The predicted molar refractivity (Wildman–Crippen MR) is 58.0 cm³/mol. The molecule has 0 saturated heterocycles. The highest BCUT2D eigenvalue weighted by molar-refractivity contribution is 5.46. The first-order valence-corrected chi connectivity index (χ1v) is 4.47. The fraction of sp³-hybridized carbons (Fsp3) is 0.500. The van der Waals surface area contributed by atoms with Crippen LogP contribution in [-0.4, -0.2) is 6.79 Å². The van der Waals surface area contributed by atoms with Crippen LogP contribution < -0.4 is 9.47 Å². The second-order valence-corrected chi connectivity index (χ2v) is 4.32. The van der Waals surface area contributed by atoms with E-state index in [1.165, 1.54) is 5.56 Å². The molecule has 0 atom stereocenters. The lowest BCUT2D eigenvalue weighted by molar-refractivity contribution is 0.174. The van der Waals surface area contributed by atoms with Gasteiger partial charge in [0.05, 0.1) is 0 Å². The highest BCUT2D eigenvalue weighted by Crippen LogP contribution is 2.35. The molecule has 1 aromatic rings. The van der Waals surface area contributed by atoms with Gasteiger partial charge in [-0.1, -0.05) is 34.3 Å². The van der Waals surface area contributed by atoms with Crippen molar-refractivity contribution in [2.24, 2.45) is 0 Å². The van der Waals surface area contributed by atoms with Gasteiger partial charge in [0, 0.05) is 0 Å². The molecule has 78 valence electrons. The van der Waals surface area contributed by atoms with Crippen LogP contribution in [0.4, 0.5) is 0 Å². The van der Waals surface area contributed by atoms with E-state index in [2.05, 4.69) is 32.9 Å². The van der Waals surface area contributed by atoms with Crippen LogP contribution in [0.1, 0.15) is 33.8 Å². The molecule has 14 heavy (non-hydrogen) atoms. The Labute approximate surface area is 85.8 Å². The maximum Gasteiger partial charge on any atom is 0.231 e. The summed E-state index contributed by atoms with van der Waals surface area (Å²) in [4.78, 5) is 0. The van der Waals surface area contributed by atoms with E-state index in [9.17, 15) is 0 Å². The van der Waals surface area contributed by atoms with Crippen molar-refractivity contribution in [1.29, 1.82) is 0 Å². The van der Waals surface area contributed by atoms with Gasteiger partial charge in [-0.05, 0) is 23.1 Å². The van der Waals surface area contributed by atoms with E-state index in [0.29, 0.717) is 6.79 Å². The van der Waals surface area contributed by atoms with E-state index in [-0.39, 0.29) is 12.8 Å². The van der Waals surface area contributed by atoms with Crippen molar-refractivity contribution < 1.29 is 9.47 Å². The minimum Gasteiger partial charge on any atom is -0.454 e. The molecule has 1 heterocycles. The average Bonchev–Trinajstić information content (AvgIpc) is 2.47. The Morgan fingerprint density at radius 2 is 1.71 bits per heavy atom. The van der Waals surface area contributed by atoms with E-state index in [1.807, 2.05) is 6.07 Å². The van der Waals surface area contributed by atoms with Crippen LogP contribution in [0.2, 0.25) is 0 Å². The number of hydrogen-bond acceptors (Lipinski definition) is 2. The molecule has 2 rings (SSSR count). The summed E-state index contributed by atoms with van der Waals surface area (Å²) in [7, 11) is 0. The smallest absolute Gasteiger partial charge is 0.231 e. The van der Waals surface area contributed by atoms with E-state index < -0.39 is 0 Å². The first-order valence-electron chi connectivity index (χ1n) is 4.47. The second kappa shape index (κ2) is 3.52. The van der Waals surface area contributed by atoms with Gasteiger partial charge in [-0.2, -0.15) is 0 Å².